The van der Waals surface area contributed by atoms with E-state index in [1.165, 1.54) is 70.0 Å². The summed E-state index contributed by atoms with van der Waals surface area (Å²) in [6.45, 7) is 5.83. The zero-order valence-electron chi connectivity index (χ0n) is 16.2. The van der Waals surface area contributed by atoms with Gasteiger partial charge in [-0.25, -0.2) is 0 Å². The molecular weight excluding hydrogens is 324 g/mol. The van der Waals surface area contributed by atoms with Crippen LogP contribution in [0, 0.1) is 0 Å². The topological polar surface area (TPSA) is 41.6 Å². The summed E-state index contributed by atoms with van der Waals surface area (Å²) in [5.41, 5.74) is 2.03. The second kappa shape index (κ2) is 10.1. The van der Waals surface area contributed by atoms with Gasteiger partial charge in [0.15, 0.2) is 0 Å². The number of likely N-dealkylation sites (tertiary alicyclic amines) is 1. The molecule has 1 saturated carbocycles. The van der Waals surface area contributed by atoms with Gasteiger partial charge >= 0.3 is 0 Å². The number of hydrogen-bond acceptors (Lipinski definition) is 3. The molecule has 1 aliphatic carbocycles. The van der Waals surface area contributed by atoms with Crippen molar-refractivity contribution in [2.75, 3.05) is 26.2 Å². The zero-order chi connectivity index (χ0) is 18.2. The van der Waals surface area contributed by atoms with E-state index in [4.69, 9.17) is 4.74 Å². The van der Waals surface area contributed by atoms with Crippen LogP contribution in [0.25, 0.3) is 0 Å². The number of ether oxygens (including phenoxy) is 1. The highest BCUT2D eigenvalue weighted by atomic mass is 16.5. The molecule has 4 nitrogen and oxygen atoms in total. The molecule has 1 unspecified atom stereocenters. The molecule has 4 heteroatoms. The Morgan fingerprint density at radius 3 is 2.42 bits per heavy atom. The number of nitrogens with zero attached hydrogens (tertiary/aromatic N) is 1. The van der Waals surface area contributed by atoms with Crippen molar-refractivity contribution in [3.05, 3.63) is 35.4 Å². The third kappa shape index (κ3) is 5.55. The van der Waals surface area contributed by atoms with Gasteiger partial charge in [-0.15, -0.1) is 0 Å². The Labute approximate surface area is 158 Å². The monoisotopic (exact) mass is 358 g/mol. The molecule has 2 aliphatic rings. The number of amides is 1. The number of nitrogens with one attached hydrogen (secondary N) is 1. The van der Waals surface area contributed by atoms with Crippen LogP contribution in [0.15, 0.2) is 24.3 Å². The SMILES string of the molecule is CC(c1ccc(C(=O)NCCOC2CCCCC2)cc1)N1CCCCC1. The molecule has 0 radical (unpaired) electrons. The Hall–Kier alpha value is -1.39. The van der Waals surface area contributed by atoms with Gasteiger partial charge in [0, 0.05) is 18.2 Å². The van der Waals surface area contributed by atoms with Gasteiger partial charge in [0.1, 0.15) is 0 Å². The molecule has 1 saturated heterocycles. The number of rotatable bonds is 7. The van der Waals surface area contributed by atoms with E-state index in [9.17, 15) is 4.79 Å². The smallest absolute Gasteiger partial charge is 0.251 e. The third-order valence-electron chi connectivity index (χ3n) is 5.89. The lowest BCUT2D eigenvalue weighted by Crippen LogP contribution is -2.32. The van der Waals surface area contributed by atoms with Crippen LogP contribution in [0.3, 0.4) is 0 Å². The molecule has 1 N–H and O–H groups in total. The summed E-state index contributed by atoms with van der Waals surface area (Å²) in [6.07, 6.45) is 10.6. The van der Waals surface area contributed by atoms with Crippen LogP contribution in [-0.4, -0.2) is 43.2 Å². The minimum Gasteiger partial charge on any atom is -0.376 e. The van der Waals surface area contributed by atoms with Gasteiger partial charge in [-0.3, -0.25) is 9.69 Å². The first kappa shape index (κ1) is 19.4. The molecule has 1 aliphatic heterocycles. The lowest BCUT2D eigenvalue weighted by atomic mass is 9.98. The van der Waals surface area contributed by atoms with Crippen LogP contribution in [0.2, 0.25) is 0 Å². The van der Waals surface area contributed by atoms with Crippen LogP contribution in [-0.2, 0) is 4.74 Å². The fraction of sp³-hybridized carbons (Fsp3) is 0.682. The largest absolute Gasteiger partial charge is 0.376 e. The van der Waals surface area contributed by atoms with E-state index < -0.39 is 0 Å². The molecule has 0 bridgehead atoms. The first-order chi connectivity index (χ1) is 12.7. The number of hydrogen-bond donors (Lipinski definition) is 1. The zero-order valence-corrected chi connectivity index (χ0v) is 16.2. The highest BCUT2D eigenvalue weighted by Gasteiger charge is 2.18. The highest BCUT2D eigenvalue weighted by molar-refractivity contribution is 5.94. The van der Waals surface area contributed by atoms with Crippen molar-refractivity contribution in [1.82, 2.24) is 10.2 Å². The summed E-state index contributed by atoms with van der Waals surface area (Å²) >= 11 is 0. The average Bonchev–Trinajstić information content (AvgIpc) is 2.72. The summed E-state index contributed by atoms with van der Waals surface area (Å²) in [5.74, 6) is -0.00517. The molecule has 1 heterocycles. The second-order valence-electron chi connectivity index (χ2n) is 7.78. The minimum absolute atomic E-state index is 0.00517. The molecule has 144 valence electrons. The number of benzene rings is 1. The number of carbonyl (C=O) groups is 1. The van der Waals surface area contributed by atoms with Crippen LogP contribution in [0.1, 0.15) is 80.3 Å². The summed E-state index contributed by atoms with van der Waals surface area (Å²) in [4.78, 5) is 14.8. The van der Waals surface area contributed by atoms with Crippen molar-refractivity contribution >= 4 is 5.91 Å². The van der Waals surface area contributed by atoms with E-state index in [2.05, 4.69) is 29.3 Å². The Morgan fingerprint density at radius 2 is 1.73 bits per heavy atom. The molecule has 3 rings (SSSR count). The maximum atomic E-state index is 12.3. The van der Waals surface area contributed by atoms with E-state index >= 15 is 0 Å². The van der Waals surface area contributed by atoms with Crippen LogP contribution in [0.4, 0.5) is 0 Å². The summed E-state index contributed by atoms with van der Waals surface area (Å²) < 4.78 is 5.87. The van der Waals surface area contributed by atoms with Crippen molar-refractivity contribution in [3.63, 3.8) is 0 Å². The van der Waals surface area contributed by atoms with Crippen molar-refractivity contribution in [3.8, 4) is 0 Å². The summed E-state index contributed by atoms with van der Waals surface area (Å²) in [5, 5.41) is 2.98. The van der Waals surface area contributed by atoms with Crippen molar-refractivity contribution in [1.29, 1.82) is 0 Å². The van der Waals surface area contributed by atoms with Crippen LogP contribution < -0.4 is 5.32 Å². The van der Waals surface area contributed by atoms with Crippen molar-refractivity contribution in [2.45, 2.75) is 70.4 Å². The van der Waals surface area contributed by atoms with Gasteiger partial charge < -0.3 is 10.1 Å². The lowest BCUT2D eigenvalue weighted by molar-refractivity contribution is 0.0299. The molecule has 0 aromatic heterocycles. The minimum atomic E-state index is -0.00517. The molecule has 0 spiro atoms. The summed E-state index contributed by atoms with van der Waals surface area (Å²) in [7, 11) is 0. The van der Waals surface area contributed by atoms with Gasteiger partial charge in [0.05, 0.1) is 12.7 Å². The van der Waals surface area contributed by atoms with Crippen LogP contribution >= 0.6 is 0 Å². The van der Waals surface area contributed by atoms with Crippen molar-refractivity contribution in [2.24, 2.45) is 0 Å². The predicted molar refractivity (Wildman–Crippen MR) is 105 cm³/mol. The third-order valence-corrected chi connectivity index (χ3v) is 5.89. The quantitative estimate of drug-likeness (QED) is 0.738. The fourth-order valence-corrected chi connectivity index (χ4v) is 4.15. The van der Waals surface area contributed by atoms with Gasteiger partial charge in [-0.05, 0) is 63.4 Å². The molecule has 1 aromatic carbocycles. The van der Waals surface area contributed by atoms with Gasteiger partial charge in [-0.1, -0.05) is 37.8 Å². The van der Waals surface area contributed by atoms with Crippen molar-refractivity contribution < 1.29 is 9.53 Å². The molecule has 1 amide bonds. The molecule has 1 aromatic rings. The Balaban J connectivity index is 1.41. The van der Waals surface area contributed by atoms with E-state index in [1.54, 1.807) is 0 Å². The first-order valence-electron chi connectivity index (χ1n) is 10.5. The Kier molecular flexibility index (Phi) is 7.51. The molecule has 1 atom stereocenters. The van der Waals surface area contributed by atoms with Gasteiger partial charge in [-0.2, -0.15) is 0 Å². The molecule has 2 fully saturated rings. The maximum Gasteiger partial charge on any atom is 0.251 e. The first-order valence-corrected chi connectivity index (χ1v) is 10.5. The Morgan fingerprint density at radius 1 is 1.08 bits per heavy atom. The van der Waals surface area contributed by atoms with Gasteiger partial charge in [0.2, 0.25) is 0 Å². The predicted octanol–water partition coefficient (Wildman–Crippen LogP) is 4.31. The average molecular weight is 359 g/mol. The number of piperidine rings is 1. The normalized spacial score (nSPS) is 20.7. The second-order valence-corrected chi connectivity index (χ2v) is 7.78. The van der Waals surface area contributed by atoms with E-state index in [-0.39, 0.29) is 5.91 Å². The van der Waals surface area contributed by atoms with E-state index in [1.807, 2.05) is 12.1 Å². The Bertz CT molecular complexity index is 546. The fourth-order valence-electron chi connectivity index (χ4n) is 4.15. The molecular formula is C22H34N2O2. The summed E-state index contributed by atoms with van der Waals surface area (Å²) in [6, 6.07) is 8.54. The van der Waals surface area contributed by atoms with E-state index in [0.717, 1.165) is 5.56 Å². The van der Waals surface area contributed by atoms with Gasteiger partial charge in [0.25, 0.3) is 5.91 Å². The van der Waals surface area contributed by atoms with Crippen LogP contribution in [0.5, 0.6) is 0 Å². The molecule has 26 heavy (non-hydrogen) atoms. The standard InChI is InChI=1S/C22H34N2O2/c1-18(24-15-6-3-7-16-24)19-10-12-20(13-11-19)22(25)23-14-17-26-21-8-4-2-5-9-21/h10-13,18,21H,2-9,14-17H2,1H3,(H,23,25). The van der Waals surface area contributed by atoms with E-state index in [0.29, 0.717) is 25.3 Å². The maximum absolute atomic E-state index is 12.3. The lowest BCUT2D eigenvalue weighted by Gasteiger charge is -2.32. The number of carbonyl (C=O) groups excluding carboxylic acids is 1. The highest BCUT2D eigenvalue weighted by Crippen LogP contribution is 2.24.